The number of rotatable bonds is 3. The van der Waals surface area contributed by atoms with Gasteiger partial charge in [-0.2, -0.15) is 0 Å². The van der Waals surface area contributed by atoms with Crippen molar-refractivity contribution in [2.24, 2.45) is 0 Å². The molecule has 0 aliphatic carbocycles. The number of carbonyl (C=O) groups excluding carboxylic acids is 1. The van der Waals surface area contributed by atoms with E-state index in [0.717, 1.165) is 11.1 Å². The maximum Gasteiger partial charge on any atom is 0.269 e. The summed E-state index contributed by atoms with van der Waals surface area (Å²) in [4.78, 5) is 16.4. The molecule has 0 radical (unpaired) electrons. The highest BCUT2D eigenvalue weighted by Crippen LogP contribution is 2.32. The van der Waals surface area contributed by atoms with Crippen LogP contribution < -0.4 is 14.8 Å². The number of phenols is 1. The summed E-state index contributed by atoms with van der Waals surface area (Å²) in [5, 5.41) is 12.9. The molecule has 2 aromatic carbocycles. The van der Waals surface area contributed by atoms with Crippen molar-refractivity contribution >= 4 is 11.6 Å². The van der Waals surface area contributed by atoms with Gasteiger partial charge in [0.25, 0.3) is 5.91 Å². The van der Waals surface area contributed by atoms with Crippen molar-refractivity contribution < 1.29 is 19.4 Å². The molecule has 0 spiro atoms. The number of phenolic OH excluding ortho intramolecular Hbond substituents is 1. The fourth-order valence-electron chi connectivity index (χ4n) is 2.72. The van der Waals surface area contributed by atoms with Gasteiger partial charge in [-0.05, 0) is 47.5 Å². The largest absolute Gasteiger partial charge is 0.506 e. The zero-order valence-corrected chi connectivity index (χ0v) is 13.8. The average molecular weight is 348 g/mol. The predicted molar refractivity (Wildman–Crippen MR) is 96.3 cm³/mol. The van der Waals surface area contributed by atoms with Crippen molar-refractivity contribution in [3.05, 3.63) is 67.0 Å². The average Bonchev–Trinajstić information content (AvgIpc) is 2.69. The van der Waals surface area contributed by atoms with Gasteiger partial charge in [-0.1, -0.05) is 18.2 Å². The molecular weight excluding hydrogens is 332 g/mol. The lowest BCUT2D eigenvalue weighted by atomic mass is 10.1. The van der Waals surface area contributed by atoms with E-state index in [1.165, 1.54) is 0 Å². The number of aromatic nitrogens is 1. The molecule has 3 aromatic rings. The molecular formula is C20H16N2O4. The van der Waals surface area contributed by atoms with Gasteiger partial charge in [0.05, 0.1) is 5.69 Å². The van der Waals surface area contributed by atoms with Crippen LogP contribution >= 0.6 is 0 Å². The maximum atomic E-state index is 12.4. The number of nitrogens with one attached hydrogen (secondary N) is 1. The van der Waals surface area contributed by atoms with Crippen LogP contribution in [-0.4, -0.2) is 28.7 Å². The first-order valence-electron chi connectivity index (χ1n) is 8.13. The van der Waals surface area contributed by atoms with Crippen LogP contribution in [-0.2, 0) is 4.79 Å². The number of nitrogens with zero attached hydrogens (tertiary/aromatic N) is 1. The zero-order valence-electron chi connectivity index (χ0n) is 13.8. The number of ether oxygens (including phenoxy) is 2. The molecule has 2 heterocycles. The van der Waals surface area contributed by atoms with Crippen LogP contribution in [0.3, 0.4) is 0 Å². The summed E-state index contributed by atoms with van der Waals surface area (Å²) in [6.07, 6.45) is 2.57. The van der Waals surface area contributed by atoms with E-state index in [1.54, 1.807) is 36.7 Å². The maximum absolute atomic E-state index is 12.4. The zero-order chi connectivity index (χ0) is 17.9. The molecule has 0 saturated heterocycles. The van der Waals surface area contributed by atoms with Gasteiger partial charge in [0.15, 0.2) is 11.5 Å². The van der Waals surface area contributed by atoms with Crippen molar-refractivity contribution in [3.63, 3.8) is 0 Å². The second-order valence-corrected chi connectivity index (χ2v) is 5.82. The Bertz CT molecular complexity index is 944. The Labute approximate surface area is 150 Å². The molecule has 1 aliphatic heterocycles. The molecule has 1 atom stereocenters. The fraction of sp³-hybridized carbons (Fsp3) is 0.100. The summed E-state index contributed by atoms with van der Waals surface area (Å²) in [5.41, 5.74) is 2.07. The minimum atomic E-state index is -0.788. The van der Waals surface area contributed by atoms with Crippen molar-refractivity contribution in [3.8, 4) is 28.4 Å². The molecule has 4 rings (SSSR count). The summed E-state index contributed by atoms with van der Waals surface area (Å²) >= 11 is 0. The minimum absolute atomic E-state index is 0.0233. The van der Waals surface area contributed by atoms with Crippen molar-refractivity contribution in [1.82, 2.24) is 4.98 Å². The lowest BCUT2D eigenvalue weighted by Crippen LogP contribution is -2.40. The Balaban J connectivity index is 1.48. The number of benzene rings is 2. The van der Waals surface area contributed by atoms with E-state index in [1.807, 2.05) is 30.3 Å². The van der Waals surface area contributed by atoms with Crippen LogP contribution in [0.4, 0.5) is 5.69 Å². The molecule has 0 saturated carbocycles. The van der Waals surface area contributed by atoms with Gasteiger partial charge < -0.3 is 19.9 Å². The van der Waals surface area contributed by atoms with E-state index in [2.05, 4.69) is 10.3 Å². The molecule has 2 N–H and O–H groups in total. The molecule has 130 valence electrons. The highest BCUT2D eigenvalue weighted by atomic mass is 16.6. The van der Waals surface area contributed by atoms with Crippen LogP contribution in [0.5, 0.6) is 17.2 Å². The van der Waals surface area contributed by atoms with E-state index >= 15 is 0 Å². The molecule has 0 bridgehead atoms. The van der Waals surface area contributed by atoms with E-state index in [-0.39, 0.29) is 18.3 Å². The number of carbonyl (C=O) groups is 1. The Morgan fingerprint density at radius 2 is 1.81 bits per heavy atom. The van der Waals surface area contributed by atoms with Crippen LogP contribution in [0.25, 0.3) is 11.1 Å². The number of amides is 1. The van der Waals surface area contributed by atoms with E-state index < -0.39 is 6.10 Å². The van der Waals surface area contributed by atoms with Crippen molar-refractivity contribution in [1.29, 1.82) is 0 Å². The van der Waals surface area contributed by atoms with E-state index in [4.69, 9.17) is 9.47 Å². The highest BCUT2D eigenvalue weighted by molar-refractivity contribution is 5.96. The number of hydrogen-bond acceptors (Lipinski definition) is 5. The number of aromatic hydroxyl groups is 1. The molecule has 1 aromatic heterocycles. The number of para-hydroxylation sites is 2. The van der Waals surface area contributed by atoms with Gasteiger partial charge in [0.2, 0.25) is 6.10 Å². The summed E-state index contributed by atoms with van der Waals surface area (Å²) in [6.45, 7) is 0.110. The van der Waals surface area contributed by atoms with Crippen LogP contribution in [0.1, 0.15) is 0 Å². The Hall–Kier alpha value is -3.54. The standard InChI is InChI=1S/C20H16N2O4/c23-16-11-14(13-7-9-21-10-8-13)5-6-15(16)22-20(24)19-12-25-17-3-1-2-4-18(17)26-19/h1-11,19,23H,12H2,(H,22,24). The number of hydrogen-bond donors (Lipinski definition) is 2. The molecule has 6 heteroatoms. The topological polar surface area (TPSA) is 80.7 Å². The highest BCUT2D eigenvalue weighted by Gasteiger charge is 2.27. The molecule has 26 heavy (non-hydrogen) atoms. The smallest absolute Gasteiger partial charge is 0.269 e. The third kappa shape index (κ3) is 3.17. The van der Waals surface area contributed by atoms with Gasteiger partial charge >= 0.3 is 0 Å². The van der Waals surface area contributed by atoms with Crippen LogP contribution in [0, 0.1) is 0 Å². The number of anilines is 1. The third-order valence-corrected chi connectivity index (χ3v) is 4.07. The van der Waals surface area contributed by atoms with Crippen molar-refractivity contribution in [2.45, 2.75) is 6.10 Å². The molecule has 1 aliphatic rings. The van der Waals surface area contributed by atoms with Gasteiger partial charge in [-0.25, -0.2) is 0 Å². The second-order valence-electron chi connectivity index (χ2n) is 5.82. The lowest BCUT2D eigenvalue weighted by molar-refractivity contribution is -0.125. The second kappa shape index (κ2) is 6.76. The lowest BCUT2D eigenvalue weighted by Gasteiger charge is -2.25. The van der Waals surface area contributed by atoms with E-state index in [0.29, 0.717) is 17.2 Å². The first kappa shape index (κ1) is 16.0. The summed E-state index contributed by atoms with van der Waals surface area (Å²) < 4.78 is 11.2. The van der Waals surface area contributed by atoms with Crippen LogP contribution in [0.15, 0.2) is 67.0 Å². The number of fused-ring (bicyclic) bond motifs is 1. The fourth-order valence-corrected chi connectivity index (χ4v) is 2.72. The molecule has 0 fully saturated rings. The van der Waals surface area contributed by atoms with Gasteiger partial charge in [0, 0.05) is 12.4 Å². The first-order valence-corrected chi connectivity index (χ1v) is 8.13. The molecule has 1 unspecified atom stereocenters. The molecule has 1 amide bonds. The van der Waals surface area contributed by atoms with Crippen molar-refractivity contribution in [2.75, 3.05) is 11.9 Å². The van der Waals surface area contributed by atoms with E-state index in [9.17, 15) is 9.90 Å². The Morgan fingerprint density at radius 1 is 1.04 bits per heavy atom. The van der Waals surface area contributed by atoms with Gasteiger partial charge in [0.1, 0.15) is 12.4 Å². The number of pyridine rings is 1. The summed E-state index contributed by atoms with van der Waals surface area (Å²) in [5.74, 6) is 0.730. The molecule has 6 nitrogen and oxygen atoms in total. The van der Waals surface area contributed by atoms with Gasteiger partial charge in [-0.3, -0.25) is 9.78 Å². The predicted octanol–water partition coefficient (Wildman–Crippen LogP) is 3.23. The first-order chi connectivity index (χ1) is 12.7. The normalized spacial score (nSPS) is 15.3. The van der Waals surface area contributed by atoms with Crippen LogP contribution in [0.2, 0.25) is 0 Å². The minimum Gasteiger partial charge on any atom is -0.506 e. The monoisotopic (exact) mass is 348 g/mol. The summed E-state index contributed by atoms with van der Waals surface area (Å²) in [7, 11) is 0. The van der Waals surface area contributed by atoms with Gasteiger partial charge in [-0.15, -0.1) is 0 Å². The Kier molecular flexibility index (Phi) is 4.15. The Morgan fingerprint density at radius 3 is 2.58 bits per heavy atom. The third-order valence-electron chi connectivity index (χ3n) is 4.07. The SMILES string of the molecule is O=C(Nc1ccc(-c2ccncc2)cc1O)C1COc2ccccc2O1. The summed E-state index contributed by atoms with van der Waals surface area (Å²) in [6, 6.07) is 15.9. The quantitative estimate of drug-likeness (QED) is 0.710.